The van der Waals surface area contributed by atoms with Crippen molar-refractivity contribution in [2.45, 2.75) is 12.6 Å². The van der Waals surface area contributed by atoms with Gasteiger partial charge in [-0.2, -0.15) is 0 Å². The van der Waals surface area contributed by atoms with Crippen LogP contribution < -0.4 is 14.4 Å². The Bertz CT molecular complexity index is 1230. The molecule has 1 aliphatic rings. The number of rotatable bonds is 8. The molecule has 1 saturated heterocycles. The third-order valence-corrected chi connectivity index (χ3v) is 6.53. The maximum atomic E-state index is 5.76. The van der Waals surface area contributed by atoms with Gasteiger partial charge in [0.25, 0.3) is 0 Å². The van der Waals surface area contributed by atoms with Crippen LogP contribution in [-0.2, 0) is 6.54 Å². The molecule has 1 aliphatic heterocycles. The molecule has 4 aromatic rings. The molecule has 1 aromatic heterocycles. The van der Waals surface area contributed by atoms with Crippen molar-refractivity contribution in [3.8, 4) is 11.5 Å². The van der Waals surface area contributed by atoms with Crippen LogP contribution in [0.3, 0.4) is 0 Å². The minimum absolute atomic E-state index is 0. The van der Waals surface area contributed by atoms with E-state index in [9.17, 15) is 0 Å². The molecule has 1 fully saturated rings. The molecule has 8 nitrogen and oxygen atoms in total. The van der Waals surface area contributed by atoms with Gasteiger partial charge >= 0.3 is 0 Å². The molecule has 0 N–H and O–H groups in total. The summed E-state index contributed by atoms with van der Waals surface area (Å²) in [5.74, 6) is 2.52. The third kappa shape index (κ3) is 5.45. The fraction of sp³-hybridized carbons (Fsp3) is 0.296. The second kappa shape index (κ2) is 11.9. The van der Waals surface area contributed by atoms with Gasteiger partial charge in [-0.25, -0.2) is 4.68 Å². The van der Waals surface area contributed by atoms with Crippen LogP contribution in [0.25, 0.3) is 0 Å². The average molecular weight is 507 g/mol. The summed E-state index contributed by atoms with van der Waals surface area (Å²) in [5.41, 5.74) is 3.43. The summed E-state index contributed by atoms with van der Waals surface area (Å²) in [6.45, 7) is 4.15. The predicted octanol–water partition coefficient (Wildman–Crippen LogP) is 4.07. The Balaban J connectivity index is 0.00000304. The van der Waals surface area contributed by atoms with E-state index in [0.717, 1.165) is 54.6 Å². The van der Waals surface area contributed by atoms with Crippen molar-refractivity contribution in [1.29, 1.82) is 0 Å². The second-order valence-electron chi connectivity index (χ2n) is 8.55. The second-order valence-corrected chi connectivity index (χ2v) is 8.55. The number of methoxy groups -OCH3 is 2. The molecule has 0 bridgehead atoms. The predicted molar refractivity (Wildman–Crippen MR) is 142 cm³/mol. The first-order valence-corrected chi connectivity index (χ1v) is 11.8. The van der Waals surface area contributed by atoms with Crippen molar-refractivity contribution < 1.29 is 9.47 Å². The first-order valence-electron chi connectivity index (χ1n) is 11.8. The molecule has 1 unspecified atom stereocenters. The number of aromatic nitrogens is 4. The number of para-hydroxylation sites is 1. The highest BCUT2D eigenvalue weighted by atomic mass is 35.5. The van der Waals surface area contributed by atoms with E-state index in [1.54, 1.807) is 14.2 Å². The molecular formula is C27H31ClN6O2. The minimum atomic E-state index is -0.122. The number of benzene rings is 3. The van der Waals surface area contributed by atoms with Crippen molar-refractivity contribution in [3.05, 3.63) is 95.8 Å². The normalized spacial score (nSPS) is 14.7. The lowest BCUT2D eigenvalue weighted by atomic mass is 10.0. The fourth-order valence-electron chi connectivity index (χ4n) is 4.70. The third-order valence-electron chi connectivity index (χ3n) is 6.53. The Hall–Kier alpha value is -3.62. The highest BCUT2D eigenvalue weighted by molar-refractivity contribution is 5.85. The monoisotopic (exact) mass is 506 g/mol. The molecule has 0 aliphatic carbocycles. The van der Waals surface area contributed by atoms with Crippen LogP contribution in [0.5, 0.6) is 11.5 Å². The number of piperazine rings is 1. The Morgan fingerprint density at radius 2 is 1.50 bits per heavy atom. The molecule has 188 valence electrons. The Labute approximate surface area is 217 Å². The first-order chi connectivity index (χ1) is 17.3. The molecular weight excluding hydrogens is 476 g/mol. The zero-order valence-corrected chi connectivity index (χ0v) is 21.3. The SMILES string of the molecule is COc1ccc(N2CCN(C(c3ccccc3OC)c3nnnn3Cc3ccccc3)CC2)cc1.Cl. The van der Waals surface area contributed by atoms with Gasteiger partial charge in [-0.15, -0.1) is 17.5 Å². The molecule has 5 rings (SSSR count). The van der Waals surface area contributed by atoms with E-state index >= 15 is 0 Å². The quantitative estimate of drug-likeness (QED) is 0.357. The van der Waals surface area contributed by atoms with E-state index < -0.39 is 0 Å². The molecule has 9 heteroatoms. The van der Waals surface area contributed by atoms with Crippen molar-refractivity contribution >= 4 is 18.1 Å². The Morgan fingerprint density at radius 3 is 2.19 bits per heavy atom. The summed E-state index contributed by atoms with van der Waals surface area (Å²) in [6, 6.07) is 26.6. The van der Waals surface area contributed by atoms with E-state index in [0.29, 0.717) is 6.54 Å². The summed E-state index contributed by atoms with van der Waals surface area (Å²) < 4.78 is 13.0. The lowest BCUT2D eigenvalue weighted by Crippen LogP contribution is -2.48. The van der Waals surface area contributed by atoms with Gasteiger partial charge < -0.3 is 14.4 Å². The van der Waals surface area contributed by atoms with Gasteiger partial charge in [0.05, 0.1) is 20.8 Å². The fourth-order valence-corrected chi connectivity index (χ4v) is 4.70. The number of nitrogens with zero attached hydrogens (tertiary/aromatic N) is 6. The van der Waals surface area contributed by atoms with Crippen LogP contribution >= 0.6 is 12.4 Å². The van der Waals surface area contributed by atoms with Gasteiger partial charge in [0.1, 0.15) is 17.5 Å². The minimum Gasteiger partial charge on any atom is -0.497 e. The van der Waals surface area contributed by atoms with Gasteiger partial charge in [0.2, 0.25) is 0 Å². The number of halogens is 1. The van der Waals surface area contributed by atoms with E-state index in [1.807, 2.05) is 53.2 Å². The lowest BCUT2D eigenvalue weighted by Gasteiger charge is -2.40. The van der Waals surface area contributed by atoms with Gasteiger partial charge in [0.15, 0.2) is 5.82 Å². The number of hydrogen-bond donors (Lipinski definition) is 0. The van der Waals surface area contributed by atoms with Crippen LogP contribution in [0.15, 0.2) is 78.9 Å². The first kappa shape index (κ1) is 25.5. The summed E-state index contributed by atoms with van der Waals surface area (Å²) in [5, 5.41) is 12.9. The highest BCUT2D eigenvalue weighted by Crippen LogP contribution is 2.35. The van der Waals surface area contributed by atoms with Gasteiger partial charge in [-0.05, 0) is 46.3 Å². The highest BCUT2D eigenvalue weighted by Gasteiger charge is 2.32. The zero-order valence-electron chi connectivity index (χ0n) is 20.5. The molecule has 1 atom stereocenters. The maximum absolute atomic E-state index is 5.76. The standard InChI is InChI=1S/C27H30N6O2.ClH/c1-34-23-14-12-22(13-15-23)31-16-18-32(19-17-31)26(24-10-6-7-11-25(24)35-2)27-28-29-30-33(27)20-21-8-4-3-5-9-21;/h3-15,26H,16-20H2,1-2H3;1H. The topological polar surface area (TPSA) is 68.5 Å². The number of anilines is 1. The molecule has 0 radical (unpaired) electrons. The van der Waals surface area contributed by atoms with Crippen molar-refractivity contribution in [3.63, 3.8) is 0 Å². The molecule has 36 heavy (non-hydrogen) atoms. The summed E-state index contributed by atoms with van der Waals surface area (Å²) in [7, 11) is 3.40. The van der Waals surface area contributed by atoms with E-state index in [2.05, 4.69) is 55.7 Å². The van der Waals surface area contributed by atoms with Crippen LogP contribution in [0, 0.1) is 0 Å². The number of ether oxygens (including phenoxy) is 2. The van der Waals surface area contributed by atoms with Crippen LogP contribution in [0.2, 0.25) is 0 Å². The van der Waals surface area contributed by atoms with Crippen LogP contribution in [0.1, 0.15) is 23.0 Å². The average Bonchev–Trinajstić information content (AvgIpc) is 3.37. The zero-order chi connectivity index (χ0) is 24.0. The number of hydrogen-bond acceptors (Lipinski definition) is 7. The molecule has 0 saturated carbocycles. The van der Waals surface area contributed by atoms with Crippen molar-refractivity contribution in [2.75, 3.05) is 45.3 Å². The molecule has 0 spiro atoms. The summed E-state index contributed by atoms with van der Waals surface area (Å²) >= 11 is 0. The summed E-state index contributed by atoms with van der Waals surface area (Å²) in [4.78, 5) is 4.85. The van der Waals surface area contributed by atoms with Crippen molar-refractivity contribution in [1.82, 2.24) is 25.1 Å². The maximum Gasteiger partial charge on any atom is 0.173 e. The van der Waals surface area contributed by atoms with E-state index in [4.69, 9.17) is 9.47 Å². The van der Waals surface area contributed by atoms with Gasteiger partial charge in [0, 0.05) is 37.4 Å². The molecule has 2 heterocycles. The van der Waals surface area contributed by atoms with Crippen LogP contribution in [-0.4, -0.2) is 65.5 Å². The van der Waals surface area contributed by atoms with Crippen molar-refractivity contribution in [2.24, 2.45) is 0 Å². The Kier molecular flexibility index (Phi) is 8.40. The van der Waals surface area contributed by atoms with E-state index in [1.165, 1.54) is 5.69 Å². The van der Waals surface area contributed by atoms with Gasteiger partial charge in [-0.3, -0.25) is 4.90 Å². The molecule has 3 aromatic carbocycles. The smallest absolute Gasteiger partial charge is 0.173 e. The van der Waals surface area contributed by atoms with Crippen LogP contribution in [0.4, 0.5) is 5.69 Å². The van der Waals surface area contributed by atoms with E-state index in [-0.39, 0.29) is 18.4 Å². The largest absolute Gasteiger partial charge is 0.497 e. The summed E-state index contributed by atoms with van der Waals surface area (Å²) in [6.07, 6.45) is 0. The lowest BCUT2D eigenvalue weighted by molar-refractivity contribution is 0.198. The number of tetrazole rings is 1. The van der Waals surface area contributed by atoms with Gasteiger partial charge in [-0.1, -0.05) is 48.5 Å². The molecule has 0 amide bonds. The Morgan fingerprint density at radius 1 is 0.806 bits per heavy atom.